The molecule has 0 fully saturated rings. The van der Waals surface area contributed by atoms with Crippen LogP contribution in [-0.4, -0.2) is 28.9 Å². The summed E-state index contributed by atoms with van der Waals surface area (Å²) in [4.78, 5) is 39.1. The SMILES string of the molecule is CCCCCCNC(=O)[C@](C)(N)Cc1nc2cc(C(=O)OOCc3ccccc3)ccc2o1. The number of carbonyl (C=O) groups is 2. The van der Waals surface area contributed by atoms with Gasteiger partial charge in [-0.2, -0.15) is 4.89 Å². The Balaban J connectivity index is 1.56. The summed E-state index contributed by atoms with van der Waals surface area (Å²) in [5.41, 5.74) is 7.18. The molecule has 8 heteroatoms. The van der Waals surface area contributed by atoms with Gasteiger partial charge in [-0.05, 0) is 37.1 Å². The smallest absolute Gasteiger partial charge is 0.373 e. The molecule has 0 aliphatic rings. The zero-order valence-corrected chi connectivity index (χ0v) is 19.1. The fourth-order valence-electron chi connectivity index (χ4n) is 3.30. The van der Waals surface area contributed by atoms with Gasteiger partial charge in [-0.15, -0.1) is 0 Å². The minimum atomic E-state index is -1.17. The molecule has 8 nitrogen and oxygen atoms in total. The van der Waals surface area contributed by atoms with Crippen LogP contribution in [-0.2, 0) is 27.6 Å². The molecule has 0 spiro atoms. The fraction of sp³-hybridized carbons (Fsp3) is 0.400. The average Bonchev–Trinajstić information content (AvgIpc) is 3.20. The van der Waals surface area contributed by atoms with Crippen LogP contribution in [0.15, 0.2) is 52.9 Å². The number of nitrogens with zero attached hydrogens (tertiary/aromatic N) is 1. The normalized spacial score (nSPS) is 12.9. The molecular weight excluding hydrogens is 422 g/mol. The molecule has 0 aliphatic heterocycles. The summed E-state index contributed by atoms with van der Waals surface area (Å²) in [5, 5.41) is 2.88. The highest BCUT2D eigenvalue weighted by Gasteiger charge is 2.30. The van der Waals surface area contributed by atoms with Crippen LogP contribution in [0, 0.1) is 0 Å². The van der Waals surface area contributed by atoms with Crippen molar-refractivity contribution in [2.24, 2.45) is 5.73 Å². The Morgan fingerprint density at radius 1 is 1.12 bits per heavy atom. The van der Waals surface area contributed by atoms with Crippen LogP contribution in [0.5, 0.6) is 0 Å². The topological polar surface area (TPSA) is 117 Å². The summed E-state index contributed by atoms with van der Waals surface area (Å²) in [7, 11) is 0. The highest BCUT2D eigenvalue weighted by Crippen LogP contribution is 2.21. The number of carbonyl (C=O) groups excluding carboxylic acids is 2. The zero-order valence-electron chi connectivity index (χ0n) is 19.1. The van der Waals surface area contributed by atoms with Crippen molar-refractivity contribution in [1.82, 2.24) is 10.3 Å². The lowest BCUT2D eigenvalue weighted by Gasteiger charge is -2.21. The van der Waals surface area contributed by atoms with E-state index in [1.54, 1.807) is 25.1 Å². The van der Waals surface area contributed by atoms with E-state index in [0.717, 1.165) is 31.2 Å². The molecule has 0 radical (unpaired) electrons. The van der Waals surface area contributed by atoms with Crippen LogP contribution in [0.1, 0.15) is 61.3 Å². The maximum Gasteiger partial charge on any atom is 0.373 e. The fourth-order valence-corrected chi connectivity index (χ4v) is 3.30. The van der Waals surface area contributed by atoms with Gasteiger partial charge in [0.15, 0.2) is 11.5 Å². The van der Waals surface area contributed by atoms with Crippen molar-refractivity contribution in [1.29, 1.82) is 0 Å². The van der Waals surface area contributed by atoms with Gasteiger partial charge in [0.05, 0.1) is 12.0 Å². The van der Waals surface area contributed by atoms with E-state index in [4.69, 9.17) is 19.9 Å². The van der Waals surface area contributed by atoms with Crippen LogP contribution in [0.4, 0.5) is 0 Å². The molecule has 1 heterocycles. The minimum absolute atomic E-state index is 0.127. The highest BCUT2D eigenvalue weighted by molar-refractivity contribution is 5.93. The number of nitrogens with two attached hydrogens (primary N) is 1. The van der Waals surface area contributed by atoms with Gasteiger partial charge in [-0.1, -0.05) is 56.5 Å². The number of amides is 1. The number of benzene rings is 2. The molecule has 3 aromatic rings. The Bertz CT molecular complexity index is 1060. The summed E-state index contributed by atoms with van der Waals surface area (Å²) >= 11 is 0. The maximum absolute atomic E-state index is 12.5. The van der Waals surface area contributed by atoms with E-state index in [1.165, 1.54) is 0 Å². The van der Waals surface area contributed by atoms with Crippen LogP contribution in [0.25, 0.3) is 11.1 Å². The molecule has 176 valence electrons. The predicted molar refractivity (Wildman–Crippen MR) is 124 cm³/mol. The first-order chi connectivity index (χ1) is 15.9. The number of aromatic nitrogens is 1. The molecule has 0 saturated carbocycles. The van der Waals surface area contributed by atoms with E-state index in [1.807, 2.05) is 30.3 Å². The lowest BCUT2D eigenvalue weighted by Crippen LogP contribution is -2.53. The molecule has 1 amide bonds. The van der Waals surface area contributed by atoms with Crippen molar-refractivity contribution >= 4 is 23.0 Å². The standard InChI is InChI=1S/C25H31N3O5/c1-3-4-5-9-14-27-24(30)25(2,26)16-22-28-20-15-19(12-13-21(20)32-22)23(29)33-31-17-18-10-7-6-8-11-18/h6-8,10-13,15H,3-5,9,14,16-17,26H2,1-2H3,(H,27,30)/t25-/m1/s1. The molecule has 2 aromatic carbocycles. The first-order valence-corrected chi connectivity index (χ1v) is 11.2. The third-order valence-corrected chi connectivity index (χ3v) is 5.22. The van der Waals surface area contributed by atoms with E-state index >= 15 is 0 Å². The van der Waals surface area contributed by atoms with Gasteiger partial charge in [0.2, 0.25) is 5.91 Å². The van der Waals surface area contributed by atoms with Gasteiger partial charge >= 0.3 is 5.97 Å². The summed E-state index contributed by atoms with van der Waals surface area (Å²) in [6, 6.07) is 14.1. The number of nitrogens with one attached hydrogen (secondary N) is 1. The number of oxazole rings is 1. The van der Waals surface area contributed by atoms with Gasteiger partial charge in [0.25, 0.3) is 0 Å². The number of hydrogen-bond acceptors (Lipinski definition) is 7. The average molecular weight is 454 g/mol. The maximum atomic E-state index is 12.5. The van der Waals surface area contributed by atoms with Crippen molar-refractivity contribution in [3.63, 3.8) is 0 Å². The second-order valence-corrected chi connectivity index (χ2v) is 8.32. The second-order valence-electron chi connectivity index (χ2n) is 8.32. The number of rotatable bonds is 12. The molecule has 33 heavy (non-hydrogen) atoms. The monoisotopic (exact) mass is 453 g/mol. The lowest BCUT2D eigenvalue weighted by atomic mass is 9.98. The minimum Gasteiger partial charge on any atom is -0.441 e. The highest BCUT2D eigenvalue weighted by atomic mass is 17.2. The molecule has 0 aliphatic carbocycles. The zero-order chi connectivity index (χ0) is 23.7. The summed E-state index contributed by atoms with van der Waals surface area (Å²) in [5.74, 6) is -0.563. The lowest BCUT2D eigenvalue weighted by molar-refractivity contribution is -0.250. The van der Waals surface area contributed by atoms with E-state index in [2.05, 4.69) is 17.2 Å². The number of fused-ring (bicyclic) bond motifs is 1. The summed E-state index contributed by atoms with van der Waals surface area (Å²) < 4.78 is 5.73. The largest absolute Gasteiger partial charge is 0.441 e. The van der Waals surface area contributed by atoms with Crippen LogP contribution < -0.4 is 11.1 Å². The first kappa shape index (κ1) is 24.4. The van der Waals surface area contributed by atoms with Gasteiger partial charge in [-0.3, -0.25) is 9.68 Å². The van der Waals surface area contributed by atoms with Crippen LogP contribution in [0.3, 0.4) is 0 Å². The first-order valence-electron chi connectivity index (χ1n) is 11.2. The van der Waals surface area contributed by atoms with Crippen molar-refractivity contribution < 1.29 is 23.8 Å². The molecule has 3 rings (SSSR count). The van der Waals surface area contributed by atoms with Crippen LogP contribution >= 0.6 is 0 Å². The Hall–Kier alpha value is -3.23. The van der Waals surface area contributed by atoms with Gasteiger partial charge in [0.1, 0.15) is 17.7 Å². The van der Waals surface area contributed by atoms with Gasteiger partial charge in [-0.25, -0.2) is 9.78 Å². The third-order valence-electron chi connectivity index (χ3n) is 5.22. The van der Waals surface area contributed by atoms with Crippen molar-refractivity contribution in [2.45, 2.75) is 58.1 Å². The molecule has 0 saturated heterocycles. The van der Waals surface area contributed by atoms with E-state index < -0.39 is 11.5 Å². The molecule has 0 bridgehead atoms. The molecule has 3 N–H and O–H groups in total. The van der Waals surface area contributed by atoms with E-state index in [-0.39, 0.29) is 24.5 Å². The Labute approximate surface area is 193 Å². The summed E-state index contributed by atoms with van der Waals surface area (Å²) in [6.45, 7) is 4.54. The quantitative estimate of drug-likeness (QED) is 0.241. The van der Waals surface area contributed by atoms with Gasteiger partial charge < -0.3 is 15.5 Å². The Kier molecular flexibility index (Phi) is 8.57. The van der Waals surface area contributed by atoms with Crippen molar-refractivity contribution in [3.05, 3.63) is 65.5 Å². The van der Waals surface area contributed by atoms with E-state index in [0.29, 0.717) is 23.5 Å². The molecular formula is C25H31N3O5. The van der Waals surface area contributed by atoms with Gasteiger partial charge in [0, 0.05) is 6.54 Å². The predicted octanol–water partition coefficient (Wildman–Crippen LogP) is 4.07. The number of unbranched alkanes of at least 4 members (excludes halogenated alkanes) is 3. The molecule has 0 unspecified atom stereocenters. The van der Waals surface area contributed by atoms with Crippen LogP contribution in [0.2, 0.25) is 0 Å². The molecule has 1 atom stereocenters. The van der Waals surface area contributed by atoms with Crippen molar-refractivity contribution in [3.8, 4) is 0 Å². The Morgan fingerprint density at radius 3 is 2.67 bits per heavy atom. The third kappa shape index (κ3) is 7.13. The number of hydrogen-bond donors (Lipinski definition) is 2. The molecule has 1 aromatic heterocycles. The van der Waals surface area contributed by atoms with Crippen molar-refractivity contribution in [2.75, 3.05) is 6.54 Å². The second kappa shape index (κ2) is 11.6. The summed E-state index contributed by atoms with van der Waals surface area (Å²) in [6.07, 6.45) is 4.41. The Morgan fingerprint density at radius 2 is 1.91 bits per heavy atom. The van der Waals surface area contributed by atoms with E-state index in [9.17, 15) is 9.59 Å².